The first-order chi connectivity index (χ1) is 18.9. The minimum atomic E-state index is -0.590. The van der Waals surface area contributed by atoms with E-state index in [0.29, 0.717) is 17.4 Å². The molecule has 2 rings (SSSR count). The van der Waals surface area contributed by atoms with Gasteiger partial charge in [-0.1, -0.05) is 98.1 Å². The summed E-state index contributed by atoms with van der Waals surface area (Å²) < 4.78 is 12.4. The Hall–Kier alpha value is -2.49. The van der Waals surface area contributed by atoms with E-state index >= 15 is 0 Å². The summed E-state index contributed by atoms with van der Waals surface area (Å²) in [6.45, 7) is 12.7. The second-order valence-electron chi connectivity index (χ2n) is 12.2. The number of aromatic nitrogens is 2. The molecule has 0 aromatic carbocycles. The van der Waals surface area contributed by atoms with Gasteiger partial charge < -0.3 is 14.8 Å². The van der Waals surface area contributed by atoms with Crippen molar-refractivity contribution in [3.8, 4) is 0 Å². The van der Waals surface area contributed by atoms with Crippen LogP contribution in [0.4, 0.5) is 5.82 Å². The molecule has 0 saturated carbocycles. The van der Waals surface area contributed by atoms with E-state index in [1.165, 1.54) is 32.1 Å². The van der Waals surface area contributed by atoms with Crippen molar-refractivity contribution >= 4 is 35.3 Å². The van der Waals surface area contributed by atoms with Gasteiger partial charge in [-0.15, -0.1) is 5.11 Å². The monoisotopic (exact) mass is 581 g/mol. The van der Waals surface area contributed by atoms with Gasteiger partial charge in [0.15, 0.2) is 12.0 Å². The SMILES string of the molecule is CCCCCCCCCCOC(=O)CCC(=O)NCCC(=O)OCC(C)(C)C1N=Nc2c(Cl)c(C(C)(C)C)nn21. The highest BCUT2D eigenvalue weighted by Gasteiger charge is 2.40. The fourth-order valence-corrected chi connectivity index (χ4v) is 4.75. The first kappa shape index (κ1) is 33.7. The van der Waals surface area contributed by atoms with E-state index in [-0.39, 0.29) is 49.7 Å². The van der Waals surface area contributed by atoms with Crippen molar-refractivity contribution in [3.05, 3.63) is 10.7 Å². The van der Waals surface area contributed by atoms with E-state index in [4.69, 9.17) is 21.1 Å². The molecule has 1 unspecified atom stereocenters. The van der Waals surface area contributed by atoms with E-state index in [0.717, 1.165) is 25.0 Å². The van der Waals surface area contributed by atoms with E-state index in [1.54, 1.807) is 4.68 Å². The van der Waals surface area contributed by atoms with E-state index in [1.807, 2.05) is 34.6 Å². The van der Waals surface area contributed by atoms with Gasteiger partial charge in [0.1, 0.15) is 11.6 Å². The Bertz CT molecular complexity index is 1020. The molecule has 2 heterocycles. The largest absolute Gasteiger partial charge is 0.466 e. The summed E-state index contributed by atoms with van der Waals surface area (Å²) in [6.07, 6.45) is 9.00. The summed E-state index contributed by atoms with van der Waals surface area (Å²) in [5.41, 5.74) is -0.0937. The third-order valence-corrected chi connectivity index (χ3v) is 7.15. The predicted octanol–water partition coefficient (Wildman–Crippen LogP) is 6.97. The van der Waals surface area contributed by atoms with Crippen LogP contribution < -0.4 is 5.32 Å². The summed E-state index contributed by atoms with van der Waals surface area (Å²) in [4.78, 5) is 36.2. The van der Waals surface area contributed by atoms with E-state index < -0.39 is 17.6 Å². The quantitative estimate of drug-likeness (QED) is 0.147. The van der Waals surface area contributed by atoms with Crippen molar-refractivity contribution in [2.24, 2.45) is 15.6 Å². The van der Waals surface area contributed by atoms with Gasteiger partial charge >= 0.3 is 11.9 Å². The molecule has 0 radical (unpaired) electrons. The topological polar surface area (TPSA) is 124 Å². The number of hydrogen-bond acceptors (Lipinski definition) is 8. The molecule has 0 bridgehead atoms. The van der Waals surface area contributed by atoms with Crippen molar-refractivity contribution in [3.63, 3.8) is 0 Å². The molecule has 1 N–H and O–H groups in total. The van der Waals surface area contributed by atoms with Gasteiger partial charge in [-0.05, 0) is 6.42 Å². The lowest BCUT2D eigenvalue weighted by Gasteiger charge is -2.28. The third kappa shape index (κ3) is 10.8. The molecule has 1 aromatic rings. The standard InChI is InChI=1S/C29H48ClN5O5/c1-7-8-9-10-11-12-13-14-19-39-22(37)16-15-21(36)31-18-17-23(38)40-20-29(5,6)27-33-32-26-24(30)25(28(2,3)4)34-35(26)27/h27H,7-20H2,1-6H3,(H,31,36). The number of nitrogens with zero attached hydrogens (tertiary/aromatic N) is 4. The van der Waals surface area contributed by atoms with Crippen LogP contribution >= 0.6 is 11.6 Å². The van der Waals surface area contributed by atoms with Crippen molar-refractivity contribution in [2.45, 2.75) is 124 Å². The van der Waals surface area contributed by atoms with Crippen LogP contribution in [0.3, 0.4) is 0 Å². The van der Waals surface area contributed by atoms with Crippen LogP contribution in [0, 0.1) is 5.41 Å². The summed E-state index contributed by atoms with van der Waals surface area (Å²) >= 11 is 6.49. The Labute approximate surface area is 244 Å². The fraction of sp³-hybridized carbons (Fsp3) is 0.793. The molecule has 0 saturated heterocycles. The summed E-state index contributed by atoms with van der Waals surface area (Å²) in [6, 6.07) is 0. The number of amides is 1. The van der Waals surface area contributed by atoms with Gasteiger partial charge in [-0.25, -0.2) is 4.68 Å². The molecular formula is C29H48ClN5O5. The number of fused-ring (bicyclic) bond motifs is 1. The number of ether oxygens (including phenoxy) is 2. The highest BCUT2D eigenvalue weighted by atomic mass is 35.5. The number of rotatable bonds is 18. The zero-order chi connectivity index (χ0) is 29.8. The lowest BCUT2D eigenvalue weighted by molar-refractivity contribution is -0.148. The molecule has 0 fully saturated rings. The molecule has 226 valence electrons. The number of unbranched alkanes of at least 4 members (excludes halogenated alkanes) is 7. The Morgan fingerprint density at radius 3 is 2.17 bits per heavy atom. The molecule has 1 aromatic heterocycles. The van der Waals surface area contributed by atoms with Crippen LogP contribution in [-0.2, 0) is 29.3 Å². The summed E-state index contributed by atoms with van der Waals surface area (Å²) in [7, 11) is 0. The van der Waals surface area contributed by atoms with Gasteiger partial charge in [0.2, 0.25) is 5.91 Å². The predicted molar refractivity (Wildman–Crippen MR) is 155 cm³/mol. The number of halogens is 1. The van der Waals surface area contributed by atoms with Gasteiger partial charge in [0.25, 0.3) is 0 Å². The number of carbonyl (C=O) groups is 3. The number of carbonyl (C=O) groups excluding carboxylic acids is 3. The van der Waals surface area contributed by atoms with E-state index in [9.17, 15) is 14.4 Å². The second kappa shape index (κ2) is 16.1. The number of hydrogen-bond donors (Lipinski definition) is 1. The van der Waals surface area contributed by atoms with Crippen LogP contribution in [0.2, 0.25) is 5.02 Å². The molecule has 1 aliphatic heterocycles. The second-order valence-corrected chi connectivity index (χ2v) is 12.6. The molecule has 10 nitrogen and oxygen atoms in total. The van der Waals surface area contributed by atoms with Crippen molar-refractivity contribution in [2.75, 3.05) is 19.8 Å². The van der Waals surface area contributed by atoms with Crippen molar-refractivity contribution < 1.29 is 23.9 Å². The maximum atomic E-state index is 12.3. The van der Waals surface area contributed by atoms with E-state index in [2.05, 4.69) is 27.6 Å². The van der Waals surface area contributed by atoms with Crippen LogP contribution in [0.15, 0.2) is 10.2 Å². The third-order valence-electron chi connectivity index (χ3n) is 6.81. The van der Waals surface area contributed by atoms with Crippen LogP contribution in [-0.4, -0.2) is 47.4 Å². The first-order valence-corrected chi connectivity index (χ1v) is 15.0. The molecule has 1 atom stereocenters. The molecule has 1 amide bonds. The van der Waals surface area contributed by atoms with Crippen LogP contribution in [0.25, 0.3) is 0 Å². The van der Waals surface area contributed by atoms with Crippen LogP contribution in [0.1, 0.15) is 124 Å². The Morgan fingerprint density at radius 2 is 1.52 bits per heavy atom. The average molecular weight is 582 g/mol. The molecule has 0 spiro atoms. The zero-order valence-electron chi connectivity index (χ0n) is 25.2. The minimum Gasteiger partial charge on any atom is -0.466 e. The normalized spacial score (nSPS) is 14.7. The zero-order valence-corrected chi connectivity index (χ0v) is 25.9. The molecule has 0 aliphatic carbocycles. The highest BCUT2D eigenvalue weighted by Crippen LogP contribution is 2.46. The van der Waals surface area contributed by atoms with Gasteiger partial charge in [0, 0.05) is 23.8 Å². The maximum absolute atomic E-state index is 12.3. The van der Waals surface area contributed by atoms with Gasteiger partial charge in [0.05, 0.1) is 25.1 Å². The first-order valence-electron chi connectivity index (χ1n) is 14.6. The Balaban J connectivity index is 1.60. The average Bonchev–Trinajstić information content (AvgIpc) is 3.46. The smallest absolute Gasteiger partial charge is 0.307 e. The maximum Gasteiger partial charge on any atom is 0.307 e. The van der Waals surface area contributed by atoms with Gasteiger partial charge in [-0.3, -0.25) is 14.4 Å². The number of esters is 2. The highest BCUT2D eigenvalue weighted by molar-refractivity contribution is 6.33. The Morgan fingerprint density at radius 1 is 0.900 bits per heavy atom. The van der Waals surface area contributed by atoms with Crippen molar-refractivity contribution in [1.29, 1.82) is 0 Å². The number of nitrogens with one attached hydrogen (secondary N) is 1. The molecular weight excluding hydrogens is 534 g/mol. The fourth-order valence-electron chi connectivity index (χ4n) is 4.31. The molecule has 11 heteroatoms. The lowest BCUT2D eigenvalue weighted by atomic mass is 9.91. The minimum absolute atomic E-state index is 0.0178. The van der Waals surface area contributed by atoms with Gasteiger partial charge in [-0.2, -0.15) is 10.2 Å². The Kier molecular flexibility index (Phi) is 13.6. The molecule has 1 aliphatic rings. The molecule has 40 heavy (non-hydrogen) atoms. The summed E-state index contributed by atoms with van der Waals surface area (Å²) in [5, 5.41) is 16.3. The van der Waals surface area contributed by atoms with Crippen molar-refractivity contribution in [1.82, 2.24) is 15.1 Å². The van der Waals surface area contributed by atoms with Crippen LogP contribution in [0.5, 0.6) is 0 Å². The lowest BCUT2D eigenvalue weighted by Crippen LogP contribution is -2.32. The number of azo groups is 1. The summed E-state index contributed by atoms with van der Waals surface area (Å²) in [5.74, 6) is -0.612.